The summed E-state index contributed by atoms with van der Waals surface area (Å²) in [5, 5.41) is 6.26. The molecular formula is C24H22F3N5O3. The predicted octanol–water partition coefficient (Wildman–Crippen LogP) is 4.98. The number of aromatic nitrogens is 3. The summed E-state index contributed by atoms with van der Waals surface area (Å²) in [6.07, 6.45) is 0.819. The van der Waals surface area contributed by atoms with Crippen molar-refractivity contribution in [1.82, 2.24) is 15.0 Å². The van der Waals surface area contributed by atoms with Crippen molar-refractivity contribution in [1.29, 1.82) is 0 Å². The Labute approximate surface area is 199 Å². The van der Waals surface area contributed by atoms with Crippen molar-refractivity contribution in [3.05, 3.63) is 66.2 Å². The summed E-state index contributed by atoms with van der Waals surface area (Å²) in [7, 11) is 0. The molecule has 8 nitrogen and oxygen atoms in total. The second-order valence-corrected chi connectivity index (χ2v) is 8.15. The highest BCUT2D eigenvalue weighted by molar-refractivity contribution is 5.57. The summed E-state index contributed by atoms with van der Waals surface area (Å²) < 4.78 is 54.5. The summed E-state index contributed by atoms with van der Waals surface area (Å²) in [4.78, 5) is 12.5. The molecule has 3 heterocycles. The van der Waals surface area contributed by atoms with Crippen molar-refractivity contribution in [2.45, 2.75) is 24.6 Å². The number of nitrogens with zero attached hydrogens (tertiary/aromatic N) is 3. The molecule has 1 spiro atoms. The van der Waals surface area contributed by atoms with Crippen LogP contribution >= 0.6 is 0 Å². The number of fused-ring (bicyclic) bond motifs is 6. The Kier molecular flexibility index (Phi) is 6.06. The van der Waals surface area contributed by atoms with Gasteiger partial charge >= 0.3 is 12.2 Å². The highest BCUT2D eigenvalue weighted by Crippen LogP contribution is 2.48. The average molecular weight is 485 g/mol. The van der Waals surface area contributed by atoms with Crippen molar-refractivity contribution in [2.75, 3.05) is 30.5 Å². The highest BCUT2D eigenvalue weighted by atomic mass is 19.4. The van der Waals surface area contributed by atoms with Crippen molar-refractivity contribution in [2.24, 2.45) is 0 Å². The van der Waals surface area contributed by atoms with E-state index in [2.05, 4.69) is 25.6 Å². The molecule has 0 radical (unpaired) electrons. The molecule has 2 aliphatic heterocycles. The molecule has 3 aromatic rings. The quantitative estimate of drug-likeness (QED) is 0.491. The van der Waals surface area contributed by atoms with E-state index in [-0.39, 0.29) is 11.9 Å². The van der Waals surface area contributed by atoms with Gasteiger partial charge in [-0.3, -0.25) is 0 Å². The van der Waals surface area contributed by atoms with E-state index >= 15 is 0 Å². The zero-order valence-corrected chi connectivity index (χ0v) is 18.5. The second-order valence-electron chi connectivity index (χ2n) is 8.15. The first-order chi connectivity index (χ1) is 16.9. The monoisotopic (exact) mass is 485 g/mol. The van der Waals surface area contributed by atoms with Crippen LogP contribution in [0.15, 0.2) is 60.7 Å². The Balaban J connectivity index is 1.49. The van der Waals surface area contributed by atoms with Crippen LogP contribution < -0.4 is 24.8 Å². The van der Waals surface area contributed by atoms with E-state index in [9.17, 15) is 13.2 Å². The van der Waals surface area contributed by atoms with Crippen LogP contribution in [0.4, 0.5) is 30.8 Å². The van der Waals surface area contributed by atoms with Gasteiger partial charge in [-0.1, -0.05) is 18.2 Å². The molecule has 6 bridgehead atoms. The van der Waals surface area contributed by atoms with Crippen molar-refractivity contribution in [3.8, 4) is 17.5 Å². The topological polar surface area (TPSA) is 90.4 Å². The van der Waals surface area contributed by atoms with Gasteiger partial charge in [-0.2, -0.15) is 28.1 Å². The van der Waals surface area contributed by atoms with Crippen LogP contribution in [0.1, 0.15) is 18.4 Å². The van der Waals surface area contributed by atoms with E-state index in [1.165, 1.54) is 0 Å². The molecule has 0 amide bonds. The molecule has 1 aromatic heterocycles. The first-order valence-electron chi connectivity index (χ1n) is 11.0. The minimum atomic E-state index is -4.53. The number of ether oxygens (including phenoxy) is 3. The lowest BCUT2D eigenvalue weighted by molar-refractivity contribution is -0.154. The molecule has 11 heteroatoms. The lowest BCUT2D eigenvalue weighted by Crippen LogP contribution is -2.23. The fourth-order valence-corrected chi connectivity index (χ4v) is 3.59. The van der Waals surface area contributed by atoms with Crippen LogP contribution in [0, 0.1) is 0 Å². The lowest BCUT2D eigenvalue weighted by atomic mass is 10.1. The normalized spacial score (nSPS) is 16.5. The second kappa shape index (κ2) is 9.32. The summed E-state index contributed by atoms with van der Waals surface area (Å²) in [5.41, 5.74) is 1.14. The Morgan fingerprint density at radius 2 is 1.60 bits per heavy atom. The van der Waals surface area contributed by atoms with Crippen molar-refractivity contribution in [3.63, 3.8) is 0 Å². The van der Waals surface area contributed by atoms with E-state index in [1.807, 2.05) is 36.4 Å². The summed E-state index contributed by atoms with van der Waals surface area (Å²) in [6, 6.07) is 14.3. The minimum Gasteiger partial charge on any atom is -0.490 e. The first-order valence-corrected chi connectivity index (χ1v) is 11.0. The standard InChI is InChI=1S/C24H22F3N5O3/c25-24(26,27)15-35-22-30-20-28-17-4-3-5-19(14-17)34-13-2-1-12-33-18-8-6-16(7-9-18)23(10-11-23)32-21(29-20)31-22/h1-9,14H,10-13,15H2,(H2,28,29,30,31,32). The van der Waals surface area contributed by atoms with Crippen LogP contribution in [0.3, 0.4) is 0 Å². The third-order valence-corrected chi connectivity index (χ3v) is 5.44. The highest BCUT2D eigenvalue weighted by Gasteiger charge is 2.45. The molecule has 6 rings (SSSR count). The molecule has 0 atom stereocenters. The summed E-state index contributed by atoms with van der Waals surface area (Å²) >= 11 is 0. The van der Waals surface area contributed by atoms with E-state index in [0.717, 1.165) is 24.2 Å². The zero-order chi connectivity index (χ0) is 24.3. The van der Waals surface area contributed by atoms with Gasteiger partial charge in [-0.15, -0.1) is 0 Å². The predicted molar refractivity (Wildman–Crippen MR) is 122 cm³/mol. The SMILES string of the molecule is FC(F)(F)COc1nc2nc(n1)NC1(CC1)c1ccc(cc1)OCC=CCOc1cccc(c1)N2. The van der Waals surface area contributed by atoms with Crippen LogP contribution in [-0.2, 0) is 5.54 Å². The van der Waals surface area contributed by atoms with Gasteiger partial charge in [-0.25, -0.2) is 0 Å². The van der Waals surface area contributed by atoms with Crippen molar-refractivity contribution < 1.29 is 27.4 Å². The van der Waals surface area contributed by atoms with Gasteiger partial charge in [0, 0.05) is 11.8 Å². The van der Waals surface area contributed by atoms with E-state index in [0.29, 0.717) is 24.7 Å². The molecule has 2 N–H and O–H groups in total. The molecule has 0 unspecified atom stereocenters. The molecule has 1 saturated carbocycles. The molecule has 182 valence electrons. The number of alkyl halides is 3. The largest absolute Gasteiger partial charge is 0.490 e. The number of halogens is 3. The number of anilines is 3. The fourth-order valence-electron chi connectivity index (χ4n) is 3.59. The summed E-state index contributed by atoms with van der Waals surface area (Å²) in [6.45, 7) is -0.775. The van der Waals surface area contributed by atoms with E-state index in [4.69, 9.17) is 14.2 Å². The third-order valence-electron chi connectivity index (χ3n) is 5.44. The molecule has 3 aliphatic rings. The maximum Gasteiger partial charge on any atom is 0.422 e. The minimum absolute atomic E-state index is 0.0363. The van der Waals surface area contributed by atoms with Crippen LogP contribution in [0.25, 0.3) is 0 Å². The van der Waals surface area contributed by atoms with E-state index in [1.54, 1.807) is 24.3 Å². The molecule has 35 heavy (non-hydrogen) atoms. The Morgan fingerprint density at radius 3 is 2.31 bits per heavy atom. The smallest absolute Gasteiger partial charge is 0.422 e. The van der Waals surface area contributed by atoms with Gasteiger partial charge in [0.1, 0.15) is 24.7 Å². The lowest BCUT2D eigenvalue weighted by Gasteiger charge is -2.19. The molecular weight excluding hydrogens is 463 g/mol. The maximum absolute atomic E-state index is 12.7. The molecule has 0 saturated heterocycles. The Bertz CT molecular complexity index is 1210. The van der Waals surface area contributed by atoms with Crippen LogP contribution in [-0.4, -0.2) is 40.9 Å². The van der Waals surface area contributed by atoms with Gasteiger partial charge < -0.3 is 24.8 Å². The van der Waals surface area contributed by atoms with Gasteiger partial charge in [0.05, 0.1) is 5.54 Å². The Morgan fingerprint density at radius 1 is 0.886 bits per heavy atom. The molecule has 2 aromatic carbocycles. The molecule has 1 aliphatic carbocycles. The van der Waals surface area contributed by atoms with Gasteiger partial charge in [-0.05, 0) is 54.8 Å². The number of hydrogen-bond acceptors (Lipinski definition) is 8. The van der Waals surface area contributed by atoms with Crippen LogP contribution in [0.2, 0.25) is 0 Å². The number of nitrogens with one attached hydrogen (secondary N) is 2. The zero-order valence-electron chi connectivity index (χ0n) is 18.5. The molecule has 1 fully saturated rings. The number of benzene rings is 2. The number of hydrogen-bond donors (Lipinski definition) is 2. The van der Waals surface area contributed by atoms with Gasteiger partial charge in [0.2, 0.25) is 11.9 Å². The maximum atomic E-state index is 12.7. The third kappa shape index (κ3) is 5.92. The Hall–Kier alpha value is -4.02. The first kappa shape index (κ1) is 22.8. The van der Waals surface area contributed by atoms with Crippen LogP contribution in [0.5, 0.6) is 17.5 Å². The number of rotatable bonds is 2. The van der Waals surface area contributed by atoms with Crippen molar-refractivity contribution >= 4 is 17.6 Å². The fraction of sp³-hybridized carbons (Fsp3) is 0.292. The van der Waals surface area contributed by atoms with E-state index < -0.39 is 24.3 Å². The average Bonchev–Trinajstić information content (AvgIpc) is 3.60. The van der Waals surface area contributed by atoms with Gasteiger partial charge in [0.25, 0.3) is 0 Å². The van der Waals surface area contributed by atoms with Gasteiger partial charge in [0.15, 0.2) is 6.61 Å². The summed E-state index contributed by atoms with van der Waals surface area (Å²) in [5.74, 6) is 1.45.